The Morgan fingerprint density at radius 2 is 2.46 bits per heavy atom. The first-order valence-corrected chi connectivity index (χ1v) is 3.70. The standard InChI is InChI=1S/C8H10FN3O/c1-12(5-8(10)13)6-2-3-11-7(9)4-6/h2-4H,5H2,1H3,(H2,10,13). The van der Waals surface area contributed by atoms with Crippen molar-refractivity contribution in [1.82, 2.24) is 4.98 Å². The summed E-state index contributed by atoms with van der Waals surface area (Å²) in [7, 11) is 1.65. The molecule has 0 aliphatic rings. The number of rotatable bonds is 3. The van der Waals surface area contributed by atoms with Gasteiger partial charge in [-0.25, -0.2) is 4.98 Å². The van der Waals surface area contributed by atoms with E-state index in [9.17, 15) is 9.18 Å². The zero-order valence-electron chi connectivity index (χ0n) is 7.20. The second kappa shape index (κ2) is 3.84. The zero-order valence-corrected chi connectivity index (χ0v) is 7.20. The van der Waals surface area contributed by atoms with Gasteiger partial charge < -0.3 is 10.6 Å². The molecule has 1 heterocycles. The third-order valence-corrected chi connectivity index (χ3v) is 1.54. The maximum atomic E-state index is 12.6. The van der Waals surface area contributed by atoms with Gasteiger partial charge in [-0.2, -0.15) is 4.39 Å². The van der Waals surface area contributed by atoms with Crippen LogP contribution in [0.5, 0.6) is 0 Å². The first kappa shape index (κ1) is 9.44. The normalized spacial score (nSPS) is 9.69. The highest BCUT2D eigenvalue weighted by Crippen LogP contribution is 2.10. The molecule has 0 saturated carbocycles. The van der Waals surface area contributed by atoms with Crippen LogP contribution in [0.4, 0.5) is 10.1 Å². The van der Waals surface area contributed by atoms with Crippen LogP contribution in [0.3, 0.4) is 0 Å². The largest absolute Gasteiger partial charge is 0.368 e. The van der Waals surface area contributed by atoms with E-state index >= 15 is 0 Å². The molecule has 4 nitrogen and oxygen atoms in total. The zero-order chi connectivity index (χ0) is 9.84. The van der Waals surface area contributed by atoms with Crippen molar-refractivity contribution in [1.29, 1.82) is 0 Å². The van der Waals surface area contributed by atoms with Crippen LogP contribution in [0, 0.1) is 5.95 Å². The van der Waals surface area contributed by atoms with Gasteiger partial charge in [0, 0.05) is 25.0 Å². The van der Waals surface area contributed by atoms with Gasteiger partial charge in [0.15, 0.2) is 0 Å². The van der Waals surface area contributed by atoms with Crippen LogP contribution in [-0.2, 0) is 4.79 Å². The molecule has 0 aliphatic carbocycles. The molecule has 70 valence electrons. The Kier molecular flexibility index (Phi) is 2.79. The quantitative estimate of drug-likeness (QED) is 0.678. The molecule has 0 spiro atoms. The van der Waals surface area contributed by atoms with Crippen molar-refractivity contribution < 1.29 is 9.18 Å². The number of anilines is 1. The summed E-state index contributed by atoms with van der Waals surface area (Å²) in [5.74, 6) is -1.03. The third-order valence-electron chi connectivity index (χ3n) is 1.54. The predicted octanol–water partition coefficient (Wildman–Crippen LogP) is 0.142. The van der Waals surface area contributed by atoms with Crippen LogP contribution >= 0.6 is 0 Å². The number of hydrogen-bond acceptors (Lipinski definition) is 3. The van der Waals surface area contributed by atoms with Crippen LogP contribution in [0.25, 0.3) is 0 Å². The van der Waals surface area contributed by atoms with Crippen LogP contribution < -0.4 is 10.6 Å². The first-order valence-electron chi connectivity index (χ1n) is 3.70. The topological polar surface area (TPSA) is 59.2 Å². The minimum absolute atomic E-state index is 0.0590. The summed E-state index contributed by atoms with van der Waals surface area (Å²) in [4.78, 5) is 15.5. The molecule has 2 N–H and O–H groups in total. The van der Waals surface area contributed by atoms with Crippen molar-refractivity contribution in [2.24, 2.45) is 5.73 Å². The minimum atomic E-state index is -0.575. The van der Waals surface area contributed by atoms with E-state index < -0.39 is 11.9 Å². The lowest BCUT2D eigenvalue weighted by atomic mass is 10.3. The number of carbonyl (C=O) groups excluding carboxylic acids is 1. The maximum absolute atomic E-state index is 12.6. The lowest BCUT2D eigenvalue weighted by Crippen LogP contribution is -2.30. The molecule has 0 aromatic carbocycles. The predicted molar refractivity (Wildman–Crippen MR) is 46.7 cm³/mol. The minimum Gasteiger partial charge on any atom is -0.368 e. The molecule has 13 heavy (non-hydrogen) atoms. The number of nitrogens with two attached hydrogens (primary N) is 1. The molecular formula is C8H10FN3O. The average molecular weight is 183 g/mol. The lowest BCUT2D eigenvalue weighted by molar-refractivity contribution is -0.116. The molecule has 0 radical (unpaired) electrons. The van der Waals surface area contributed by atoms with Crippen LogP contribution in [0.1, 0.15) is 0 Å². The Hall–Kier alpha value is -1.65. The summed E-state index contributed by atoms with van der Waals surface area (Å²) in [6.45, 7) is 0.0590. The molecule has 0 unspecified atom stereocenters. The number of primary amides is 1. The van der Waals surface area contributed by atoms with Gasteiger partial charge in [0.25, 0.3) is 0 Å². The smallest absolute Gasteiger partial charge is 0.236 e. The van der Waals surface area contributed by atoms with Gasteiger partial charge in [0.1, 0.15) is 0 Å². The first-order chi connectivity index (χ1) is 6.09. The molecule has 0 fully saturated rings. The van der Waals surface area contributed by atoms with Crippen molar-refractivity contribution in [2.75, 3.05) is 18.5 Å². The fourth-order valence-electron chi connectivity index (χ4n) is 0.955. The number of amides is 1. The number of nitrogens with zero attached hydrogens (tertiary/aromatic N) is 2. The van der Waals surface area contributed by atoms with E-state index in [1.165, 1.54) is 12.3 Å². The Labute approximate surface area is 75.2 Å². The van der Waals surface area contributed by atoms with Crippen LogP contribution in [0.15, 0.2) is 18.3 Å². The number of aromatic nitrogens is 1. The third kappa shape index (κ3) is 2.70. The number of carbonyl (C=O) groups is 1. The number of pyridine rings is 1. The highest BCUT2D eigenvalue weighted by atomic mass is 19.1. The van der Waals surface area contributed by atoms with Crippen molar-refractivity contribution in [2.45, 2.75) is 0 Å². The highest BCUT2D eigenvalue weighted by Gasteiger charge is 2.04. The van der Waals surface area contributed by atoms with Gasteiger partial charge in [-0.3, -0.25) is 4.79 Å². The van der Waals surface area contributed by atoms with E-state index in [4.69, 9.17) is 5.73 Å². The summed E-state index contributed by atoms with van der Waals surface area (Å²) in [5.41, 5.74) is 5.55. The second-order valence-corrected chi connectivity index (χ2v) is 2.66. The van der Waals surface area contributed by atoms with E-state index in [1.54, 1.807) is 18.0 Å². The number of likely N-dealkylation sites (N-methyl/N-ethyl adjacent to an activating group) is 1. The van der Waals surface area contributed by atoms with Crippen molar-refractivity contribution in [3.05, 3.63) is 24.3 Å². The highest BCUT2D eigenvalue weighted by molar-refractivity contribution is 5.79. The van der Waals surface area contributed by atoms with Crippen molar-refractivity contribution in [3.63, 3.8) is 0 Å². The van der Waals surface area contributed by atoms with E-state index in [1.807, 2.05) is 0 Å². The number of hydrogen-bond donors (Lipinski definition) is 1. The molecule has 5 heteroatoms. The summed E-state index contributed by atoms with van der Waals surface area (Å²) in [6, 6.07) is 2.84. The van der Waals surface area contributed by atoms with Gasteiger partial charge >= 0.3 is 0 Å². The molecule has 0 bridgehead atoms. The van der Waals surface area contributed by atoms with Crippen molar-refractivity contribution >= 4 is 11.6 Å². The summed E-state index contributed by atoms with van der Waals surface area (Å²) in [5, 5.41) is 0. The van der Waals surface area contributed by atoms with Gasteiger partial charge in [0.05, 0.1) is 6.54 Å². The SMILES string of the molecule is CN(CC(N)=O)c1ccnc(F)c1. The monoisotopic (exact) mass is 183 g/mol. The Balaban J connectivity index is 2.76. The van der Waals surface area contributed by atoms with Crippen LogP contribution in [0.2, 0.25) is 0 Å². The molecule has 0 saturated heterocycles. The lowest BCUT2D eigenvalue weighted by Gasteiger charge is -2.16. The Morgan fingerprint density at radius 1 is 1.77 bits per heavy atom. The molecule has 1 aromatic rings. The molecule has 0 atom stereocenters. The molecule has 0 aliphatic heterocycles. The van der Waals surface area contributed by atoms with Gasteiger partial charge in [-0.05, 0) is 6.07 Å². The summed E-state index contributed by atoms with van der Waals surface area (Å²) < 4.78 is 12.6. The maximum Gasteiger partial charge on any atom is 0.236 e. The molecular weight excluding hydrogens is 173 g/mol. The molecule has 1 aromatic heterocycles. The molecule has 1 amide bonds. The van der Waals surface area contributed by atoms with Gasteiger partial charge in [-0.15, -0.1) is 0 Å². The van der Waals surface area contributed by atoms with Gasteiger partial charge in [-0.1, -0.05) is 0 Å². The Morgan fingerprint density at radius 3 is 3.00 bits per heavy atom. The fourth-order valence-corrected chi connectivity index (χ4v) is 0.955. The average Bonchev–Trinajstić information content (AvgIpc) is 2.03. The molecule has 1 rings (SSSR count). The second-order valence-electron chi connectivity index (χ2n) is 2.66. The fraction of sp³-hybridized carbons (Fsp3) is 0.250. The summed E-state index contributed by atoms with van der Waals surface area (Å²) in [6.07, 6.45) is 1.34. The van der Waals surface area contributed by atoms with Gasteiger partial charge in [0.2, 0.25) is 11.9 Å². The van der Waals surface area contributed by atoms with Crippen LogP contribution in [-0.4, -0.2) is 24.5 Å². The number of halogens is 1. The Bertz CT molecular complexity index is 316. The van der Waals surface area contributed by atoms with Crippen molar-refractivity contribution in [3.8, 4) is 0 Å². The van der Waals surface area contributed by atoms with E-state index in [2.05, 4.69) is 4.98 Å². The van der Waals surface area contributed by atoms with E-state index in [0.29, 0.717) is 5.69 Å². The van der Waals surface area contributed by atoms with E-state index in [0.717, 1.165) is 0 Å². The summed E-state index contributed by atoms with van der Waals surface area (Å²) >= 11 is 0. The van der Waals surface area contributed by atoms with E-state index in [-0.39, 0.29) is 6.54 Å².